The van der Waals surface area contributed by atoms with E-state index in [2.05, 4.69) is 43.5 Å². The number of hydrogen-bond donors (Lipinski definition) is 1. The number of rotatable bonds is 1. The van der Waals surface area contributed by atoms with Crippen LogP contribution in [0.15, 0.2) is 26.7 Å². The zero-order chi connectivity index (χ0) is 10.3. The molecule has 0 saturated heterocycles. The van der Waals surface area contributed by atoms with Gasteiger partial charge >= 0.3 is 0 Å². The lowest BCUT2D eigenvalue weighted by molar-refractivity contribution is 0.574. The van der Waals surface area contributed by atoms with Gasteiger partial charge in [0.15, 0.2) is 0 Å². The van der Waals surface area contributed by atoms with E-state index in [1.807, 2.05) is 11.3 Å². The first-order valence-corrected chi connectivity index (χ1v) is 7.49. The van der Waals surface area contributed by atoms with Crippen molar-refractivity contribution in [2.24, 2.45) is 0 Å². The van der Waals surface area contributed by atoms with Crippen LogP contribution in [0.3, 0.4) is 0 Å². The average molecular weight is 300 g/mol. The molecule has 0 spiro atoms. The molecule has 1 aliphatic rings. The highest BCUT2D eigenvalue weighted by atomic mass is 79.9. The van der Waals surface area contributed by atoms with Crippen LogP contribution in [-0.4, -0.2) is 6.54 Å². The summed E-state index contributed by atoms with van der Waals surface area (Å²) >= 11 is 7.25. The molecule has 1 aliphatic heterocycles. The zero-order valence-corrected chi connectivity index (χ0v) is 11.2. The summed E-state index contributed by atoms with van der Waals surface area (Å²) in [6.45, 7) is 1.08. The van der Waals surface area contributed by atoms with Crippen LogP contribution < -0.4 is 5.32 Å². The van der Waals surface area contributed by atoms with Gasteiger partial charge in [-0.1, -0.05) is 0 Å². The van der Waals surface area contributed by atoms with Gasteiger partial charge in [-0.15, -0.1) is 11.3 Å². The van der Waals surface area contributed by atoms with Crippen LogP contribution in [0.5, 0.6) is 0 Å². The highest BCUT2D eigenvalue weighted by Gasteiger charge is 2.23. The van der Waals surface area contributed by atoms with Gasteiger partial charge < -0.3 is 5.32 Å². The van der Waals surface area contributed by atoms with Crippen LogP contribution in [0.4, 0.5) is 0 Å². The molecule has 1 atom stereocenters. The van der Waals surface area contributed by atoms with E-state index in [1.54, 1.807) is 11.3 Å². The smallest absolute Gasteiger partial charge is 0.0607 e. The lowest BCUT2D eigenvalue weighted by atomic mass is 9.98. The molecule has 0 amide bonds. The van der Waals surface area contributed by atoms with E-state index >= 15 is 0 Å². The van der Waals surface area contributed by atoms with Crippen molar-refractivity contribution in [2.75, 3.05) is 6.54 Å². The zero-order valence-electron chi connectivity index (χ0n) is 8.00. The molecule has 0 aliphatic carbocycles. The molecule has 2 aromatic rings. The maximum absolute atomic E-state index is 3.62. The monoisotopic (exact) mass is 299 g/mol. The Balaban J connectivity index is 2.07. The van der Waals surface area contributed by atoms with Gasteiger partial charge in [0.05, 0.1) is 6.04 Å². The first kappa shape index (κ1) is 10.0. The molecule has 1 N–H and O–H groups in total. The van der Waals surface area contributed by atoms with Gasteiger partial charge in [-0.3, -0.25) is 0 Å². The minimum atomic E-state index is 0.389. The van der Waals surface area contributed by atoms with Gasteiger partial charge in [-0.2, -0.15) is 11.3 Å². The molecule has 0 bridgehead atoms. The predicted octanol–water partition coefficient (Wildman–Crippen LogP) is 3.81. The van der Waals surface area contributed by atoms with Crippen molar-refractivity contribution in [3.05, 3.63) is 42.7 Å². The standard InChI is InChI=1S/C11H10BrNS2/c12-9-6-14-5-8(9)11-7-2-4-15-10(7)1-3-13-11/h2,4-6,11,13H,1,3H2. The van der Waals surface area contributed by atoms with Crippen molar-refractivity contribution in [3.63, 3.8) is 0 Å². The molecule has 0 fully saturated rings. The molecular weight excluding hydrogens is 290 g/mol. The summed E-state index contributed by atoms with van der Waals surface area (Å²) in [6.07, 6.45) is 1.17. The fraction of sp³-hybridized carbons (Fsp3) is 0.273. The van der Waals surface area contributed by atoms with E-state index in [9.17, 15) is 0 Å². The first-order valence-electron chi connectivity index (χ1n) is 4.87. The normalized spacial score (nSPS) is 20.2. The summed E-state index contributed by atoms with van der Waals surface area (Å²) in [5.74, 6) is 0. The number of halogens is 1. The highest BCUT2D eigenvalue weighted by molar-refractivity contribution is 9.10. The molecule has 0 saturated carbocycles. The molecule has 3 rings (SSSR count). The Morgan fingerprint density at radius 3 is 3.07 bits per heavy atom. The summed E-state index contributed by atoms with van der Waals surface area (Å²) in [7, 11) is 0. The van der Waals surface area contributed by atoms with E-state index < -0.39 is 0 Å². The molecule has 0 radical (unpaired) electrons. The van der Waals surface area contributed by atoms with E-state index in [-0.39, 0.29) is 0 Å². The van der Waals surface area contributed by atoms with E-state index in [0.717, 1.165) is 6.54 Å². The summed E-state index contributed by atoms with van der Waals surface area (Å²) in [6, 6.07) is 2.64. The minimum Gasteiger partial charge on any atom is -0.306 e. The predicted molar refractivity (Wildman–Crippen MR) is 69.9 cm³/mol. The SMILES string of the molecule is Brc1cscc1C1NCCc2sccc21. The average Bonchev–Trinajstić information content (AvgIpc) is 2.85. The van der Waals surface area contributed by atoms with Crippen LogP contribution in [0, 0.1) is 0 Å². The summed E-state index contributed by atoms with van der Waals surface area (Å²) in [5.41, 5.74) is 2.84. The molecule has 1 unspecified atom stereocenters. The van der Waals surface area contributed by atoms with Crippen molar-refractivity contribution < 1.29 is 0 Å². The molecule has 78 valence electrons. The highest BCUT2D eigenvalue weighted by Crippen LogP contribution is 2.36. The number of fused-ring (bicyclic) bond motifs is 1. The number of nitrogens with one attached hydrogen (secondary N) is 1. The molecule has 4 heteroatoms. The third kappa shape index (κ3) is 1.69. The van der Waals surface area contributed by atoms with Crippen molar-refractivity contribution in [2.45, 2.75) is 12.5 Å². The van der Waals surface area contributed by atoms with E-state index in [1.165, 1.54) is 26.9 Å². The maximum Gasteiger partial charge on any atom is 0.0607 e. The third-order valence-corrected chi connectivity index (χ3v) is 5.49. The lowest BCUT2D eigenvalue weighted by Crippen LogP contribution is -2.29. The molecule has 3 heterocycles. The largest absolute Gasteiger partial charge is 0.306 e. The minimum absolute atomic E-state index is 0.389. The molecule has 1 nitrogen and oxygen atoms in total. The first-order chi connectivity index (χ1) is 7.36. The van der Waals surface area contributed by atoms with Crippen molar-refractivity contribution in [3.8, 4) is 0 Å². The second-order valence-electron chi connectivity index (χ2n) is 3.61. The lowest BCUT2D eigenvalue weighted by Gasteiger charge is -2.24. The molecular formula is C11H10BrNS2. The van der Waals surface area contributed by atoms with E-state index in [0.29, 0.717) is 6.04 Å². The fourth-order valence-corrected chi connectivity index (χ4v) is 4.50. The number of thiophene rings is 2. The Kier molecular flexibility index (Phi) is 2.68. The Hall–Kier alpha value is -0.160. The Morgan fingerprint density at radius 1 is 1.33 bits per heavy atom. The van der Waals surface area contributed by atoms with Gasteiger partial charge in [0.1, 0.15) is 0 Å². The summed E-state index contributed by atoms with van der Waals surface area (Å²) in [5, 5.41) is 10.2. The second-order valence-corrected chi connectivity index (χ2v) is 6.21. The summed E-state index contributed by atoms with van der Waals surface area (Å²) < 4.78 is 1.23. The number of hydrogen-bond acceptors (Lipinski definition) is 3. The van der Waals surface area contributed by atoms with Crippen LogP contribution in [0.2, 0.25) is 0 Å². The van der Waals surface area contributed by atoms with Gasteiger partial charge in [0.2, 0.25) is 0 Å². The summed E-state index contributed by atoms with van der Waals surface area (Å²) in [4.78, 5) is 1.54. The Morgan fingerprint density at radius 2 is 2.27 bits per heavy atom. The quantitative estimate of drug-likeness (QED) is 0.844. The topological polar surface area (TPSA) is 12.0 Å². The Bertz CT molecular complexity index is 474. The van der Waals surface area contributed by atoms with Gasteiger partial charge in [-0.25, -0.2) is 0 Å². The van der Waals surface area contributed by atoms with Gasteiger partial charge in [-0.05, 0) is 50.3 Å². The van der Waals surface area contributed by atoms with Gasteiger partial charge in [0, 0.05) is 21.3 Å². The molecule has 0 aromatic carbocycles. The van der Waals surface area contributed by atoms with Gasteiger partial charge in [0.25, 0.3) is 0 Å². The van der Waals surface area contributed by atoms with Crippen molar-refractivity contribution >= 4 is 38.6 Å². The maximum atomic E-state index is 3.62. The van der Waals surface area contributed by atoms with Crippen LogP contribution >= 0.6 is 38.6 Å². The van der Waals surface area contributed by atoms with Crippen molar-refractivity contribution in [1.82, 2.24) is 5.32 Å². The van der Waals surface area contributed by atoms with Crippen LogP contribution in [0.1, 0.15) is 22.0 Å². The second kappa shape index (κ2) is 4.01. The third-order valence-electron chi connectivity index (χ3n) is 2.74. The Labute approximate surface area is 105 Å². The van der Waals surface area contributed by atoms with Crippen molar-refractivity contribution in [1.29, 1.82) is 0 Å². The van der Waals surface area contributed by atoms with E-state index in [4.69, 9.17) is 0 Å². The fourth-order valence-electron chi connectivity index (χ4n) is 2.03. The van der Waals surface area contributed by atoms with Crippen LogP contribution in [0.25, 0.3) is 0 Å². The van der Waals surface area contributed by atoms with Crippen LogP contribution in [-0.2, 0) is 6.42 Å². The molecule has 2 aromatic heterocycles. The molecule has 15 heavy (non-hydrogen) atoms.